The summed E-state index contributed by atoms with van der Waals surface area (Å²) in [7, 11) is 0. The number of nitrogen functional groups attached to an aromatic ring is 1. The number of rotatable bonds is 2. The molecule has 0 radical (unpaired) electrons. The number of anilines is 3. The van der Waals surface area contributed by atoms with Crippen molar-refractivity contribution >= 4 is 39.9 Å². The van der Waals surface area contributed by atoms with E-state index in [4.69, 9.17) is 5.73 Å². The number of halogens is 4. The minimum absolute atomic E-state index is 0.000957. The molecular formula is C11H8F3IN4. The Morgan fingerprint density at radius 1 is 1.11 bits per heavy atom. The van der Waals surface area contributed by atoms with Crippen LogP contribution in [-0.2, 0) is 6.18 Å². The summed E-state index contributed by atoms with van der Waals surface area (Å²) in [6.45, 7) is 0. The normalized spacial score (nSPS) is 11.4. The molecule has 0 saturated carbocycles. The summed E-state index contributed by atoms with van der Waals surface area (Å²) in [5.74, 6) is -1.50. The first-order valence-corrected chi connectivity index (χ1v) is 6.17. The van der Waals surface area contributed by atoms with E-state index in [0.29, 0.717) is 5.69 Å². The highest BCUT2D eigenvalue weighted by Gasteiger charge is 2.35. The Morgan fingerprint density at radius 3 is 2.32 bits per heavy atom. The highest BCUT2D eigenvalue weighted by Crippen LogP contribution is 2.28. The van der Waals surface area contributed by atoms with Crippen molar-refractivity contribution in [1.29, 1.82) is 0 Å². The van der Waals surface area contributed by atoms with Gasteiger partial charge in [-0.15, -0.1) is 0 Å². The molecule has 19 heavy (non-hydrogen) atoms. The molecule has 8 heteroatoms. The highest BCUT2D eigenvalue weighted by molar-refractivity contribution is 14.1. The fraction of sp³-hybridized carbons (Fsp3) is 0.0909. The molecule has 0 spiro atoms. The SMILES string of the molecule is Nc1cc(Nc2ccc(I)cc2)nc(C(F)(F)F)n1. The molecule has 2 aromatic rings. The van der Waals surface area contributed by atoms with E-state index in [1.54, 1.807) is 12.1 Å². The van der Waals surface area contributed by atoms with Crippen LogP contribution in [0.5, 0.6) is 0 Å². The summed E-state index contributed by atoms with van der Waals surface area (Å²) in [4.78, 5) is 6.55. The Labute approximate surface area is 120 Å². The summed E-state index contributed by atoms with van der Waals surface area (Å²) in [5, 5.41) is 2.75. The van der Waals surface area contributed by atoms with Gasteiger partial charge < -0.3 is 11.1 Å². The summed E-state index contributed by atoms with van der Waals surface area (Å²) < 4.78 is 38.6. The van der Waals surface area contributed by atoms with Crippen LogP contribution < -0.4 is 11.1 Å². The number of hydrogen-bond donors (Lipinski definition) is 2. The van der Waals surface area contributed by atoms with Gasteiger partial charge in [0.15, 0.2) is 0 Å². The largest absolute Gasteiger partial charge is 0.451 e. The van der Waals surface area contributed by atoms with E-state index in [-0.39, 0.29) is 11.6 Å². The molecule has 0 bridgehead atoms. The average Bonchev–Trinajstić information content (AvgIpc) is 2.30. The van der Waals surface area contributed by atoms with E-state index < -0.39 is 12.0 Å². The topological polar surface area (TPSA) is 63.8 Å². The standard InChI is InChI=1S/C11H8F3IN4/c12-11(13,14)10-18-8(16)5-9(19-10)17-7-3-1-6(15)2-4-7/h1-5H,(H3,16,17,18,19). The fourth-order valence-corrected chi connectivity index (χ4v) is 1.70. The van der Waals surface area contributed by atoms with Gasteiger partial charge in [0.2, 0.25) is 5.82 Å². The van der Waals surface area contributed by atoms with Crippen molar-refractivity contribution in [2.75, 3.05) is 11.1 Å². The predicted octanol–water partition coefficient (Wildman–Crippen LogP) is 3.43. The number of nitrogens with zero attached hydrogens (tertiary/aromatic N) is 2. The molecule has 0 atom stereocenters. The maximum absolute atomic E-state index is 12.5. The molecule has 0 saturated heterocycles. The first-order valence-electron chi connectivity index (χ1n) is 5.09. The number of hydrogen-bond acceptors (Lipinski definition) is 4. The number of nitrogens with one attached hydrogen (secondary N) is 1. The number of nitrogens with two attached hydrogens (primary N) is 1. The van der Waals surface area contributed by atoms with Gasteiger partial charge in [-0.1, -0.05) is 0 Å². The molecular weight excluding hydrogens is 372 g/mol. The second kappa shape index (κ2) is 5.19. The first kappa shape index (κ1) is 13.8. The summed E-state index contributed by atoms with van der Waals surface area (Å²) in [6, 6.07) is 8.34. The van der Waals surface area contributed by atoms with Crippen LogP contribution in [0.2, 0.25) is 0 Å². The minimum atomic E-state index is -4.63. The quantitative estimate of drug-likeness (QED) is 0.784. The lowest BCUT2D eigenvalue weighted by molar-refractivity contribution is -0.144. The van der Waals surface area contributed by atoms with Crippen molar-refractivity contribution in [2.45, 2.75) is 6.18 Å². The molecule has 0 amide bonds. The van der Waals surface area contributed by atoms with Crippen LogP contribution in [0.15, 0.2) is 30.3 Å². The maximum Gasteiger partial charge on any atom is 0.451 e. The van der Waals surface area contributed by atoms with E-state index in [9.17, 15) is 13.2 Å². The molecule has 100 valence electrons. The Balaban J connectivity index is 2.30. The van der Waals surface area contributed by atoms with Gasteiger partial charge in [-0.05, 0) is 46.9 Å². The zero-order valence-electron chi connectivity index (χ0n) is 9.37. The molecule has 1 aromatic carbocycles. The van der Waals surface area contributed by atoms with Crippen molar-refractivity contribution in [3.63, 3.8) is 0 Å². The highest BCUT2D eigenvalue weighted by atomic mass is 127. The third-order valence-electron chi connectivity index (χ3n) is 2.12. The van der Waals surface area contributed by atoms with E-state index in [1.807, 2.05) is 12.1 Å². The summed E-state index contributed by atoms with van der Waals surface area (Å²) in [6.07, 6.45) is -4.63. The van der Waals surface area contributed by atoms with Gasteiger partial charge in [0, 0.05) is 15.3 Å². The summed E-state index contributed by atoms with van der Waals surface area (Å²) in [5.41, 5.74) is 5.96. The van der Waals surface area contributed by atoms with Crippen molar-refractivity contribution in [2.24, 2.45) is 0 Å². The van der Waals surface area contributed by atoms with Gasteiger partial charge in [-0.25, -0.2) is 9.97 Å². The Bertz CT molecular complexity index is 583. The molecule has 1 heterocycles. The van der Waals surface area contributed by atoms with Crippen LogP contribution in [0, 0.1) is 3.57 Å². The molecule has 0 fully saturated rings. The number of aromatic nitrogens is 2. The zero-order chi connectivity index (χ0) is 14.0. The molecule has 0 aliphatic heterocycles. The molecule has 0 aliphatic rings. The van der Waals surface area contributed by atoms with E-state index in [2.05, 4.69) is 37.9 Å². The number of benzene rings is 1. The van der Waals surface area contributed by atoms with Crippen LogP contribution in [-0.4, -0.2) is 9.97 Å². The summed E-state index contributed by atoms with van der Waals surface area (Å²) >= 11 is 2.13. The van der Waals surface area contributed by atoms with Gasteiger partial charge >= 0.3 is 6.18 Å². The van der Waals surface area contributed by atoms with Gasteiger partial charge in [0.25, 0.3) is 0 Å². The predicted molar refractivity (Wildman–Crippen MR) is 73.9 cm³/mol. The van der Waals surface area contributed by atoms with Gasteiger partial charge in [0.05, 0.1) is 0 Å². The van der Waals surface area contributed by atoms with Crippen LogP contribution in [0.1, 0.15) is 5.82 Å². The fourth-order valence-electron chi connectivity index (χ4n) is 1.34. The van der Waals surface area contributed by atoms with Gasteiger partial charge in [-0.2, -0.15) is 13.2 Å². The molecule has 0 aliphatic carbocycles. The third-order valence-corrected chi connectivity index (χ3v) is 2.84. The Kier molecular flexibility index (Phi) is 3.78. The van der Waals surface area contributed by atoms with Crippen LogP contribution in [0.4, 0.5) is 30.5 Å². The van der Waals surface area contributed by atoms with Gasteiger partial charge in [-0.3, -0.25) is 0 Å². The Morgan fingerprint density at radius 2 is 1.74 bits per heavy atom. The van der Waals surface area contributed by atoms with Crippen LogP contribution in [0.25, 0.3) is 0 Å². The lowest BCUT2D eigenvalue weighted by Gasteiger charge is -2.10. The second-order valence-electron chi connectivity index (χ2n) is 3.63. The minimum Gasteiger partial charge on any atom is -0.384 e. The van der Waals surface area contributed by atoms with E-state index in [0.717, 1.165) is 3.57 Å². The molecule has 1 aromatic heterocycles. The van der Waals surface area contributed by atoms with Gasteiger partial charge in [0.1, 0.15) is 11.6 Å². The van der Waals surface area contributed by atoms with Crippen LogP contribution in [0.3, 0.4) is 0 Å². The number of alkyl halides is 3. The molecule has 3 N–H and O–H groups in total. The average molecular weight is 380 g/mol. The van der Waals surface area contributed by atoms with E-state index >= 15 is 0 Å². The molecule has 0 unspecified atom stereocenters. The van der Waals surface area contributed by atoms with E-state index in [1.165, 1.54) is 6.07 Å². The maximum atomic E-state index is 12.5. The Hall–Kier alpha value is -1.58. The zero-order valence-corrected chi connectivity index (χ0v) is 11.5. The smallest absolute Gasteiger partial charge is 0.384 e. The first-order chi connectivity index (χ1) is 8.84. The van der Waals surface area contributed by atoms with Crippen molar-refractivity contribution < 1.29 is 13.2 Å². The monoisotopic (exact) mass is 380 g/mol. The van der Waals surface area contributed by atoms with Crippen LogP contribution >= 0.6 is 22.6 Å². The lowest BCUT2D eigenvalue weighted by atomic mass is 10.3. The second-order valence-corrected chi connectivity index (χ2v) is 4.88. The van der Waals surface area contributed by atoms with Crippen molar-refractivity contribution in [3.8, 4) is 0 Å². The van der Waals surface area contributed by atoms with Crippen molar-refractivity contribution in [3.05, 3.63) is 39.7 Å². The van der Waals surface area contributed by atoms with Crippen molar-refractivity contribution in [1.82, 2.24) is 9.97 Å². The lowest BCUT2D eigenvalue weighted by Crippen LogP contribution is -2.13. The third kappa shape index (κ3) is 3.69. The molecule has 2 rings (SSSR count). The molecule has 4 nitrogen and oxygen atoms in total.